The summed E-state index contributed by atoms with van der Waals surface area (Å²) < 4.78 is 5.88. The van der Waals surface area contributed by atoms with Crippen LogP contribution in [0, 0.1) is 6.92 Å². The van der Waals surface area contributed by atoms with Crippen LogP contribution in [0.1, 0.15) is 29.8 Å². The second-order valence-corrected chi connectivity index (χ2v) is 6.50. The molecule has 1 atom stereocenters. The summed E-state index contributed by atoms with van der Waals surface area (Å²) in [6, 6.07) is 10.1. The van der Waals surface area contributed by atoms with E-state index in [0.29, 0.717) is 6.61 Å². The first kappa shape index (κ1) is 17.2. The van der Waals surface area contributed by atoms with Crippen molar-refractivity contribution in [1.82, 2.24) is 15.2 Å². The highest BCUT2D eigenvalue weighted by molar-refractivity contribution is 6.30. The zero-order chi connectivity index (χ0) is 16.9. The van der Waals surface area contributed by atoms with Gasteiger partial charge >= 0.3 is 0 Å². The average molecular weight is 346 g/mol. The smallest absolute Gasteiger partial charge is 0.124 e. The number of pyridine rings is 1. The first-order valence-electron chi connectivity index (χ1n) is 8.48. The fourth-order valence-corrected chi connectivity index (χ4v) is 3.32. The quantitative estimate of drug-likeness (QED) is 0.900. The minimum Gasteiger partial charge on any atom is -0.494 e. The molecular formula is C19H24ClN3O. The van der Waals surface area contributed by atoms with E-state index in [1.54, 1.807) is 0 Å². The van der Waals surface area contributed by atoms with Crippen LogP contribution in [0.3, 0.4) is 0 Å². The van der Waals surface area contributed by atoms with E-state index in [-0.39, 0.29) is 6.04 Å². The van der Waals surface area contributed by atoms with E-state index in [1.807, 2.05) is 31.3 Å². The molecule has 0 radical (unpaired) electrons. The molecule has 1 unspecified atom stereocenters. The van der Waals surface area contributed by atoms with E-state index in [9.17, 15) is 0 Å². The Balaban J connectivity index is 2.06. The van der Waals surface area contributed by atoms with Crippen molar-refractivity contribution in [2.24, 2.45) is 0 Å². The molecule has 1 aromatic carbocycles. The predicted molar refractivity (Wildman–Crippen MR) is 97.9 cm³/mol. The van der Waals surface area contributed by atoms with Gasteiger partial charge in [0.25, 0.3) is 0 Å². The molecule has 1 N–H and O–H groups in total. The number of aryl methyl sites for hydroxylation is 1. The molecule has 128 valence electrons. The van der Waals surface area contributed by atoms with Gasteiger partial charge < -0.3 is 10.1 Å². The summed E-state index contributed by atoms with van der Waals surface area (Å²) in [5.41, 5.74) is 3.28. The van der Waals surface area contributed by atoms with Gasteiger partial charge in [0.15, 0.2) is 0 Å². The molecule has 0 amide bonds. The Labute approximate surface area is 148 Å². The lowest BCUT2D eigenvalue weighted by atomic mass is 9.99. The molecule has 0 bridgehead atoms. The Hall–Kier alpha value is -1.62. The van der Waals surface area contributed by atoms with Crippen molar-refractivity contribution in [3.63, 3.8) is 0 Å². The molecule has 5 heteroatoms. The number of halogens is 1. The molecule has 1 fully saturated rings. The normalized spacial score (nSPS) is 16.8. The third-order valence-corrected chi connectivity index (χ3v) is 4.53. The van der Waals surface area contributed by atoms with Gasteiger partial charge in [0.05, 0.1) is 18.3 Å². The number of aromatic nitrogens is 1. The number of nitrogens with one attached hydrogen (secondary N) is 1. The maximum atomic E-state index is 6.31. The van der Waals surface area contributed by atoms with Crippen molar-refractivity contribution in [1.29, 1.82) is 0 Å². The van der Waals surface area contributed by atoms with E-state index >= 15 is 0 Å². The van der Waals surface area contributed by atoms with Crippen molar-refractivity contribution >= 4 is 11.6 Å². The topological polar surface area (TPSA) is 37.4 Å². The molecule has 1 aromatic heterocycles. The summed E-state index contributed by atoms with van der Waals surface area (Å²) in [5.74, 6) is 0.882. The van der Waals surface area contributed by atoms with Gasteiger partial charge in [-0.05, 0) is 43.7 Å². The molecule has 1 aliphatic rings. The second-order valence-electron chi connectivity index (χ2n) is 6.06. The monoisotopic (exact) mass is 345 g/mol. The Kier molecular flexibility index (Phi) is 5.72. The Morgan fingerprint density at radius 1 is 1.25 bits per heavy atom. The molecule has 0 spiro atoms. The van der Waals surface area contributed by atoms with Crippen LogP contribution in [0.2, 0.25) is 5.02 Å². The highest BCUT2D eigenvalue weighted by atomic mass is 35.5. The standard InChI is InChI=1S/C19H24ClN3O/c1-3-24-18-7-5-15(20)12-16(18)19(23-10-8-21-9-11-23)17-6-4-14(2)13-22-17/h4-7,12-13,19,21H,3,8-11H2,1-2H3. The fraction of sp³-hybridized carbons (Fsp3) is 0.421. The lowest BCUT2D eigenvalue weighted by Gasteiger charge is -2.35. The number of piperazine rings is 1. The van der Waals surface area contributed by atoms with Gasteiger partial charge in [-0.25, -0.2) is 0 Å². The molecule has 0 aliphatic carbocycles. The van der Waals surface area contributed by atoms with Crippen molar-refractivity contribution in [2.45, 2.75) is 19.9 Å². The van der Waals surface area contributed by atoms with Crippen LogP contribution in [-0.2, 0) is 0 Å². The van der Waals surface area contributed by atoms with Crippen LogP contribution in [0.25, 0.3) is 0 Å². The van der Waals surface area contributed by atoms with Crippen LogP contribution in [-0.4, -0.2) is 42.7 Å². The molecule has 2 aromatic rings. The fourth-order valence-electron chi connectivity index (χ4n) is 3.14. The Morgan fingerprint density at radius 2 is 2.04 bits per heavy atom. The van der Waals surface area contributed by atoms with Crippen LogP contribution in [0.15, 0.2) is 36.5 Å². The maximum Gasteiger partial charge on any atom is 0.124 e. The number of ether oxygens (including phenoxy) is 1. The van der Waals surface area contributed by atoms with Crippen LogP contribution in [0.5, 0.6) is 5.75 Å². The molecule has 3 rings (SSSR count). The maximum absolute atomic E-state index is 6.31. The second kappa shape index (κ2) is 7.97. The van der Waals surface area contributed by atoms with Gasteiger partial charge in [-0.15, -0.1) is 0 Å². The third kappa shape index (κ3) is 3.89. The first-order chi connectivity index (χ1) is 11.7. The van der Waals surface area contributed by atoms with Crippen molar-refractivity contribution in [2.75, 3.05) is 32.8 Å². The van der Waals surface area contributed by atoms with Gasteiger partial charge in [0, 0.05) is 43.0 Å². The minimum atomic E-state index is 0.0490. The molecule has 24 heavy (non-hydrogen) atoms. The van der Waals surface area contributed by atoms with Gasteiger partial charge in [-0.1, -0.05) is 17.7 Å². The number of rotatable bonds is 5. The minimum absolute atomic E-state index is 0.0490. The Morgan fingerprint density at radius 3 is 2.71 bits per heavy atom. The van der Waals surface area contributed by atoms with Crippen molar-refractivity contribution < 1.29 is 4.74 Å². The number of benzene rings is 1. The zero-order valence-corrected chi connectivity index (χ0v) is 15.0. The number of hydrogen-bond acceptors (Lipinski definition) is 4. The summed E-state index contributed by atoms with van der Waals surface area (Å²) in [5, 5.41) is 4.14. The lowest BCUT2D eigenvalue weighted by Crippen LogP contribution is -2.45. The first-order valence-corrected chi connectivity index (χ1v) is 8.86. The summed E-state index contributed by atoms with van der Waals surface area (Å²) in [7, 11) is 0. The summed E-state index contributed by atoms with van der Waals surface area (Å²) in [4.78, 5) is 7.15. The average Bonchev–Trinajstić information content (AvgIpc) is 2.60. The molecule has 1 saturated heterocycles. The molecular weight excluding hydrogens is 322 g/mol. The third-order valence-electron chi connectivity index (χ3n) is 4.30. The van der Waals surface area contributed by atoms with Crippen LogP contribution < -0.4 is 10.1 Å². The van der Waals surface area contributed by atoms with Gasteiger partial charge in [0.2, 0.25) is 0 Å². The number of nitrogens with zero attached hydrogens (tertiary/aromatic N) is 2. The summed E-state index contributed by atoms with van der Waals surface area (Å²) in [6.07, 6.45) is 1.93. The van der Waals surface area contributed by atoms with E-state index in [1.165, 1.54) is 0 Å². The van der Waals surface area contributed by atoms with Crippen molar-refractivity contribution in [3.8, 4) is 5.75 Å². The van der Waals surface area contributed by atoms with E-state index in [2.05, 4.69) is 29.3 Å². The predicted octanol–water partition coefficient (Wildman–Crippen LogP) is 3.44. The molecule has 0 saturated carbocycles. The van der Waals surface area contributed by atoms with Crippen LogP contribution in [0.4, 0.5) is 0 Å². The lowest BCUT2D eigenvalue weighted by molar-refractivity contribution is 0.191. The SMILES string of the molecule is CCOc1ccc(Cl)cc1C(c1ccc(C)cn1)N1CCNCC1. The van der Waals surface area contributed by atoms with Crippen LogP contribution >= 0.6 is 11.6 Å². The summed E-state index contributed by atoms with van der Waals surface area (Å²) in [6.45, 7) is 8.59. The van der Waals surface area contributed by atoms with Gasteiger partial charge in [-0.2, -0.15) is 0 Å². The van der Waals surface area contributed by atoms with E-state index < -0.39 is 0 Å². The molecule has 4 nitrogen and oxygen atoms in total. The Bertz CT molecular complexity index is 669. The largest absolute Gasteiger partial charge is 0.494 e. The zero-order valence-electron chi connectivity index (χ0n) is 14.3. The van der Waals surface area contributed by atoms with Crippen molar-refractivity contribution in [3.05, 3.63) is 58.4 Å². The summed E-state index contributed by atoms with van der Waals surface area (Å²) >= 11 is 6.31. The van der Waals surface area contributed by atoms with E-state index in [4.69, 9.17) is 21.3 Å². The number of hydrogen-bond donors (Lipinski definition) is 1. The highest BCUT2D eigenvalue weighted by Gasteiger charge is 2.27. The van der Waals surface area contributed by atoms with Gasteiger partial charge in [0.1, 0.15) is 5.75 Å². The highest BCUT2D eigenvalue weighted by Crippen LogP contribution is 2.36. The molecule has 2 heterocycles. The van der Waals surface area contributed by atoms with Gasteiger partial charge in [-0.3, -0.25) is 9.88 Å². The van der Waals surface area contributed by atoms with E-state index in [0.717, 1.165) is 53.8 Å². The molecule has 1 aliphatic heterocycles.